The maximum Gasteiger partial charge on any atom is 0.573 e. The Morgan fingerprint density at radius 2 is 1.75 bits per heavy atom. The summed E-state index contributed by atoms with van der Waals surface area (Å²) in [6.45, 7) is 1.33. The van der Waals surface area contributed by atoms with Crippen molar-refractivity contribution in [3.8, 4) is 17.0 Å². The Morgan fingerprint density at radius 3 is 2.42 bits per heavy atom. The molecule has 2 amide bonds. The van der Waals surface area contributed by atoms with Gasteiger partial charge in [-0.05, 0) is 37.3 Å². The summed E-state index contributed by atoms with van der Waals surface area (Å²) in [5.74, 6) is -1.84. The van der Waals surface area contributed by atoms with E-state index < -0.39 is 30.0 Å². The van der Waals surface area contributed by atoms with Gasteiger partial charge in [-0.1, -0.05) is 23.7 Å². The SMILES string of the molecule is CC(NC(=O)c1cc(Cl)cc(OC(F)(F)F)c1)c1nccnc1-c1ccc(C(=O)NOCCO)cc1. The van der Waals surface area contributed by atoms with Crippen molar-refractivity contribution >= 4 is 23.4 Å². The second-order valence-corrected chi connectivity index (χ2v) is 7.73. The molecule has 1 atom stereocenters. The second kappa shape index (κ2) is 11.8. The lowest BCUT2D eigenvalue weighted by molar-refractivity contribution is -0.274. The molecule has 13 heteroatoms. The monoisotopic (exact) mass is 524 g/mol. The fraction of sp³-hybridized carbons (Fsp3) is 0.217. The molecule has 0 spiro atoms. The number of rotatable bonds is 9. The molecule has 2 aromatic carbocycles. The van der Waals surface area contributed by atoms with Crippen LogP contribution in [0.2, 0.25) is 5.02 Å². The van der Waals surface area contributed by atoms with Crippen LogP contribution in [0.15, 0.2) is 54.9 Å². The number of carbonyl (C=O) groups is 2. The standard InChI is InChI=1S/C23H20ClF3N4O5/c1-13(30-21(33)16-10-17(24)12-18(11-16)36-23(25,26)27)19-20(29-7-6-28-19)14-2-4-15(5-3-14)22(34)31-35-9-8-32/h2-7,10-13,32H,8-9H2,1H3,(H,30,33)(H,31,34). The van der Waals surface area contributed by atoms with Crippen LogP contribution < -0.4 is 15.5 Å². The van der Waals surface area contributed by atoms with Crippen LogP contribution in [0.4, 0.5) is 13.2 Å². The zero-order chi connectivity index (χ0) is 26.3. The predicted molar refractivity (Wildman–Crippen MR) is 122 cm³/mol. The summed E-state index contributed by atoms with van der Waals surface area (Å²) in [6.07, 6.45) is -2.06. The molecule has 9 nitrogen and oxygen atoms in total. The summed E-state index contributed by atoms with van der Waals surface area (Å²) >= 11 is 5.86. The molecule has 190 valence electrons. The number of hydrogen-bond donors (Lipinski definition) is 3. The topological polar surface area (TPSA) is 123 Å². The first-order valence-electron chi connectivity index (χ1n) is 10.4. The number of benzene rings is 2. The number of carbonyl (C=O) groups excluding carboxylic acids is 2. The molecule has 0 saturated carbocycles. The van der Waals surface area contributed by atoms with Crippen molar-refractivity contribution < 1.29 is 37.4 Å². The van der Waals surface area contributed by atoms with Crippen LogP contribution in [0, 0.1) is 0 Å². The average molecular weight is 525 g/mol. The average Bonchev–Trinajstić information content (AvgIpc) is 2.82. The lowest BCUT2D eigenvalue weighted by Gasteiger charge is -2.17. The van der Waals surface area contributed by atoms with E-state index >= 15 is 0 Å². The van der Waals surface area contributed by atoms with Gasteiger partial charge in [-0.2, -0.15) is 0 Å². The summed E-state index contributed by atoms with van der Waals surface area (Å²) in [5, 5.41) is 11.2. The van der Waals surface area contributed by atoms with Gasteiger partial charge in [0.25, 0.3) is 11.8 Å². The second-order valence-electron chi connectivity index (χ2n) is 7.29. The highest BCUT2D eigenvalue weighted by molar-refractivity contribution is 6.31. The minimum absolute atomic E-state index is 0.0533. The zero-order valence-electron chi connectivity index (χ0n) is 18.7. The fourth-order valence-corrected chi connectivity index (χ4v) is 3.35. The number of nitrogens with zero attached hydrogens (tertiary/aromatic N) is 2. The van der Waals surface area contributed by atoms with E-state index in [9.17, 15) is 22.8 Å². The molecule has 0 aliphatic carbocycles. The molecule has 0 fully saturated rings. The normalized spacial score (nSPS) is 12.1. The van der Waals surface area contributed by atoms with Crippen LogP contribution in [0.3, 0.4) is 0 Å². The minimum atomic E-state index is -4.94. The van der Waals surface area contributed by atoms with Crippen LogP contribution in [0.25, 0.3) is 11.3 Å². The van der Waals surface area contributed by atoms with Gasteiger partial charge < -0.3 is 15.2 Å². The number of aliphatic hydroxyl groups excluding tert-OH is 1. The van der Waals surface area contributed by atoms with Crippen LogP contribution in [0.5, 0.6) is 5.75 Å². The number of aliphatic hydroxyl groups is 1. The van der Waals surface area contributed by atoms with E-state index in [0.29, 0.717) is 22.5 Å². The van der Waals surface area contributed by atoms with E-state index in [2.05, 4.69) is 25.5 Å². The molecular formula is C23H20ClF3N4O5. The maximum atomic E-state index is 12.7. The number of hydrogen-bond acceptors (Lipinski definition) is 7. The van der Waals surface area contributed by atoms with Crippen LogP contribution in [-0.2, 0) is 4.84 Å². The Balaban J connectivity index is 1.78. The largest absolute Gasteiger partial charge is 0.573 e. The summed E-state index contributed by atoms with van der Waals surface area (Å²) in [4.78, 5) is 38.2. The first kappa shape index (κ1) is 26.9. The predicted octanol–water partition coefficient (Wildman–Crippen LogP) is 3.84. The third-order valence-electron chi connectivity index (χ3n) is 4.63. The molecule has 1 unspecified atom stereocenters. The Labute approximate surface area is 208 Å². The highest BCUT2D eigenvalue weighted by Gasteiger charge is 2.31. The molecule has 1 heterocycles. The third-order valence-corrected chi connectivity index (χ3v) is 4.85. The highest BCUT2D eigenvalue weighted by Crippen LogP contribution is 2.28. The van der Waals surface area contributed by atoms with Gasteiger partial charge in [0.2, 0.25) is 0 Å². The number of amides is 2. The van der Waals surface area contributed by atoms with Gasteiger partial charge in [-0.25, -0.2) is 5.48 Å². The zero-order valence-corrected chi connectivity index (χ0v) is 19.4. The van der Waals surface area contributed by atoms with Crippen molar-refractivity contribution in [3.63, 3.8) is 0 Å². The molecular weight excluding hydrogens is 505 g/mol. The Kier molecular flexibility index (Phi) is 8.80. The first-order chi connectivity index (χ1) is 17.1. The highest BCUT2D eigenvalue weighted by atomic mass is 35.5. The number of halogens is 4. The van der Waals surface area contributed by atoms with E-state index in [1.54, 1.807) is 19.1 Å². The van der Waals surface area contributed by atoms with Crippen LogP contribution in [0.1, 0.15) is 39.4 Å². The van der Waals surface area contributed by atoms with E-state index in [0.717, 1.165) is 12.1 Å². The number of ether oxygens (including phenoxy) is 1. The molecule has 0 saturated heterocycles. The van der Waals surface area contributed by atoms with Gasteiger partial charge in [0, 0.05) is 34.1 Å². The van der Waals surface area contributed by atoms with Crippen LogP contribution >= 0.6 is 11.6 Å². The molecule has 0 aliphatic rings. The van der Waals surface area contributed by atoms with Crippen molar-refractivity contribution in [2.45, 2.75) is 19.3 Å². The van der Waals surface area contributed by atoms with Gasteiger partial charge in [0.15, 0.2) is 0 Å². The summed E-state index contributed by atoms with van der Waals surface area (Å²) in [5.41, 5.74) is 3.73. The molecule has 3 aromatic rings. The molecule has 3 N–H and O–H groups in total. The quantitative estimate of drug-likeness (QED) is 0.287. The van der Waals surface area contributed by atoms with Crippen molar-refractivity contribution in [3.05, 3.63) is 76.7 Å². The summed E-state index contributed by atoms with van der Waals surface area (Å²) < 4.78 is 41.5. The molecule has 1 aromatic heterocycles. The summed E-state index contributed by atoms with van der Waals surface area (Å²) in [6, 6.07) is 8.68. The van der Waals surface area contributed by atoms with Crippen LogP contribution in [-0.4, -0.2) is 46.5 Å². The molecule has 0 radical (unpaired) electrons. The van der Waals surface area contributed by atoms with E-state index in [4.69, 9.17) is 21.5 Å². The summed E-state index contributed by atoms with van der Waals surface area (Å²) in [7, 11) is 0. The minimum Gasteiger partial charge on any atom is -0.406 e. The van der Waals surface area contributed by atoms with Crippen molar-refractivity contribution in [1.82, 2.24) is 20.8 Å². The fourth-order valence-electron chi connectivity index (χ4n) is 3.12. The molecule has 36 heavy (non-hydrogen) atoms. The lowest BCUT2D eigenvalue weighted by Crippen LogP contribution is -2.28. The van der Waals surface area contributed by atoms with Gasteiger partial charge in [-0.15, -0.1) is 13.2 Å². The Hall–Kier alpha value is -3.74. The molecule has 0 aliphatic heterocycles. The maximum absolute atomic E-state index is 12.7. The van der Waals surface area contributed by atoms with E-state index in [-0.39, 0.29) is 23.8 Å². The van der Waals surface area contributed by atoms with Gasteiger partial charge >= 0.3 is 6.36 Å². The number of nitrogens with one attached hydrogen (secondary N) is 2. The Bertz CT molecular complexity index is 1230. The van der Waals surface area contributed by atoms with Crippen molar-refractivity contribution in [2.24, 2.45) is 0 Å². The van der Waals surface area contributed by atoms with Gasteiger partial charge in [0.1, 0.15) is 5.75 Å². The van der Waals surface area contributed by atoms with Crippen molar-refractivity contribution in [1.29, 1.82) is 0 Å². The number of alkyl halides is 3. The van der Waals surface area contributed by atoms with E-state index in [1.807, 2.05) is 0 Å². The van der Waals surface area contributed by atoms with E-state index in [1.165, 1.54) is 30.6 Å². The smallest absolute Gasteiger partial charge is 0.406 e. The third kappa shape index (κ3) is 7.38. The number of hydroxylamine groups is 1. The molecule has 0 bridgehead atoms. The lowest BCUT2D eigenvalue weighted by atomic mass is 10.0. The van der Waals surface area contributed by atoms with Gasteiger partial charge in [0.05, 0.1) is 30.6 Å². The Morgan fingerprint density at radius 1 is 1.06 bits per heavy atom. The first-order valence-corrected chi connectivity index (χ1v) is 10.8. The van der Waals surface area contributed by atoms with Gasteiger partial charge in [-0.3, -0.25) is 24.4 Å². The molecule has 3 rings (SSSR count). The number of aromatic nitrogens is 2. The van der Waals surface area contributed by atoms with Crippen molar-refractivity contribution in [2.75, 3.05) is 13.2 Å².